The Morgan fingerprint density at radius 3 is 2.64 bits per heavy atom. The molecule has 0 bridgehead atoms. The maximum Gasteiger partial charge on any atom is 0.231 e. The third-order valence-corrected chi connectivity index (χ3v) is 6.08. The van der Waals surface area contributed by atoms with Crippen LogP contribution in [-0.2, 0) is 6.54 Å². The summed E-state index contributed by atoms with van der Waals surface area (Å²) in [5.74, 6) is 1.33. The van der Waals surface area contributed by atoms with E-state index in [2.05, 4.69) is 77.8 Å². The van der Waals surface area contributed by atoms with E-state index in [9.17, 15) is 0 Å². The zero-order valence-corrected chi connectivity index (χ0v) is 19.1. The average Bonchev–Trinajstić information content (AvgIpc) is 3.30. The van der Waals surface area contributed by atoms with Crippen molar-refractivity contribution in [2.45, 2.75) is 25.4 Å². The Morgan fingerprint density at radius 2 is 1.85 bits per heavy atom. The molecule has 1 aliphatic heterocycles. The molecule has 2 aromatic carbocycles. The molecule has 1 fully saturated rings. The van der Waals surface area contributed by atoms with Crippen LogP contribution in [0.4, 0.5) is 23.1 Å². The van der Waals surface area contributed by atoms with E-state index >= 15 is 0 Å². The molecule has 0 radical (unpaired) electrons. The van der Waals surface area contributed by atoms with Crippen molar-refractivity contribution in [3.63, 3.8) is 0 Å². The van der Waals surface area contributed by atoms with Gasteiger partial charge in [-0.25, -0.2) is 4.98 Å². The Labute approximate surface area is 194 Å². The third-order valence-electron chi connectivity index (χ3n) is 6.08. The normalized spacial score (nSPS) is 15.0. The van der Waals surface area contributed by atoms with Gasteiger partial charge in [0, 0.05) is 51.1 Å². The molecule has 0 unspecified atom stereocenters. The number of hydrogen-bond acceptors (Lipinski definition) is 7. The first-order chi connectivity index (χ1) is 16.1. The molecule has 8 nitrogen and oxygen atoms in total. The molecule has 0 saturated carbocycles. The number of H-pyrrole nitrogens is 1. The summed E-state index contributed by atoms with van der Waals surface area (Å²) in [6, 6.07) is 19.2. The van der Waals surface area contributed by atoms with Crippen LogP contribution in [0.3, 0.4) is 0 Å². The van der Waals surface area contributed by atoms with Gasteiger partial charge in [-0.2, -0.15) is 9.97 Å². The van der Waals surface area contributed by atoms with E-state index < -0.39 is 0 Å². The summed E-state index contributed by atoms with van der Waals surface area (Å²) in [6.45, 7) is 3.13. The standard InChI is InChI=1S/C25H30N8/c1-32(2)21-10-6-9-20(15-21)29-25-30-23-22(26-17-27-23)24(31-25)28-19-11-13-33(14-12-19)16-18-7-4-3-5-8-18/h3-10,15,17,19H,11-14,16H2,1-2H3,(H3,26,27,28,29,30,31). The minimum atomic E-state index is 0.364. The molecular formula is C25H30N8. The van der Waals surface area contributed by atoms with E-state index in [-0.39, 0.29) is 0 Å². The minimum Gasteiger partial charge on any atom is -0.378 e. The molecule has 0 atom stereocenters. The number of aromatic nitrogens is 4. The number of rotatable bonds is 7. The van der Waals surface area contributed by atoms with Crippen molar-refractivity contribution in [1.82, 2.24) is 24.8 Å². The molecule has 0 spiro atoms. The lowest BCUT2D eigenvalue weighted by Gasteiger charge is -2.32. The summed E-state index contributed by atoms with van der Waals surface area (Å²) in [5.41, 5.74) is 4.92. The lowest BCUT2D eigenvalue weighted by atomic mass is 10.0. The Bertz CT molecular complexity index is 1200. The lowest BCUT2D eigenvalue weighted by molar-refractivity contribution is 0.211. The number of nitrogens with one attached hydrogen (secondary N) is 3. The van der Waals surface area contributed by atoms with Crippen LogP contribution in [0.15, 0.2) is 60.9 Å². The van der Waals surface area contributed by atoms with Gasteiger partial charge in [0.15, 0.2) is 11.5 Å². The lowest BCUT2D eigenvalue weighted by Crippen LogP contribution is -2.38. The smallest absolute Gasteiger partial charge is 0.231 e. The van der Waals surface area contributed by atoms with Gasteiger partial charge in [0.25, 0.3) is 0 Å². The first-order valence-electron chi connectivity index (χ1n) is 11.4. The first kappa shape index (κ1) is 21.2. The molecule has 4 aromatic rings. The van der Waals surface area contributed by atoms with Crippen LogP contribution in [0.25, 0.3) is 11.2 Å². The second-order valence-electron chi connectivity index (χ2n) is 8.75. The number of likely N-dealkylation sites (tertiary alicyclic amines) is 1. The quantitative estimate of drug-likeness (QED) is 0.395. The van der Waals surface area contributed by atoms with Crippen LogP contribution in [0.5, 0.6) is 0 Å². The molecule has 8 heteroatoms. The zero-order chi connectivity index (χ0) is 22.6. The summed E-state index contributed by atoms with van der Waals surface area (Å²) >= 11 is 0. The predicted octanol–water partition coefficient (Wildman–Crippen LogP) is 4.24. The van der Waals surface area contributed by atoms with Gasteiger partial charge < -0.3 is 20.5 Å². The largest absolute Gasteiger partial charge is 0.378 e. The van der Waals surface area contributed by atoms with Crippen LogP contribution >= 0.6 is 0 Å². The molecule has 3 N–H and O–H groups in total. The Hall–Kier alpha value is -3.65. The van der Waals surface area contributed by atoms with Gasteiger partial charge >= 0.3 is 0 Å². The second kappa shape index (κ2) is 9.46. The monoisotopic (exact) mass is 442 g/mol. The summed E-state index contributed by atoms with van der Waals surface area (Å²) in [5, 5.41) is 7.00. The van der Waals surface area contributed by atoms with Gasteiger partial charge in [-0.3, -0.25) is 4.90 Å². The summed E-state index contributed by atoms with van der Waals surface area (Å²) < 4.78 is 0. The summed E-state index contributed by atoms with van der Waals surface area (Å²) in [7, 11) is 4.05. The molecule has 5 rings (SSSR count). The Morgan fingerprint density at radius 1 is 1.03 bits per heavy atom. The van der Waals surface area contributed by atoms with E-state index in [4.69, 9.17) is 4.98 Å². The fourth-order valence-corrected chi connectivity index (χ4v) is 4.25. The number of piperidine rings is 1. The molecule has 1 aliphatic rings. The van der Waals surface area contributed by atoms with Crippen molar-refractivity contribution in [3.05, 3.63) is 66.5 Å². The zero-order valence-electron chi connectivity index (χ0n) is 19.1. The van der Waals surface area contributed by atoms with Crippen molar-refractivity contribution in [2.24, 2.45) is 0 Å². The van der Waals surface area contributed by atoms with Crippen molar-refractivity contribution in [1.29, 1.82) is 0 Å². The summed E-state index contributed by atoms with van der Waals surface area (Å²) in [4.78, 5) is 21.5. The van der Waals surface area contributed by atoms with E-state index in [1.807, 2.05) is 26.2 Å². The van der Waals surface area contributed by atoms with Crippen LogP contribution in [-0.4, -0.2) is 58.1 Å². The number of hydrogen-bond donors (Lipinski definition) is 3. The van der Waals surface area contributed by atoms with Crippen LogP contribution in [0.1, 0.15) is 18.4 Å². The number of fused-ring (bicyclic) bond motifs is 1. The van der Waals surface area contributed by atoms with Crippen molar-refractivity contribution < 1.29 is 0 Å². The third kappa shape index (κ3) is 5.06. The summed E-state index contributed by atoms with van der Waals surface area (Å²) in [6.07, 6.45) is 3.81. The fourth-order valence-electron chi connectivity index (χ4n) is 4.25. The number of aromatic amines is 1. The highest BCUT2D eigenvalue weighted by Crippen LogP contribution is 2.25. The maximum atomic E-state index is 4.79. The average molecular weight is 443 g/mol. The van der Waals surface area contributed by atoms with Crippen molar-refractivity contribution in [3.8, 4) is 0 Å². The number of benzene rings is 2. The van der Waals surface area contributed by atoms with Gasteiger partial charge in [-0.15, -0.1) is 0 Å². The molecule has 0 aliphatic carbocycles. The maximum absolute atomic E-state index is 4.79. The molecule has 2 aromatic heterocycles. The van der Waals surface area contributed by atoms with Gasteiger partial charge in [-0.1, -0.05) is 36.4 Å². The van der Waals surface area contributed by atoms with Crippen LogP contribution in [0.2, 0.25) is 0 Å². The van der Waals surface area contributed by atoms with Gasteiger partial charge in [0.2, 0.25) is 5.95 Å². The highest BCUT2D eigenvalue weighted by atomic mass is 15.2. The highest BCUT2D eigenvalue weighted by Gasteiger charge is 2.21. The van der Waals surface area contributed by atoms with Gasteiger partial charge in [-0.05, 0) is 36.6 Å². The van der Waals surface area contributed by atoms with E-state index in [1.165, 1.54) is 5.56 Å². The number of imidazole rings is 1. The molecule has 1 saturated heterocycles. The van der Waals surface area contributed by atoms with E-state index in [1.54, 1.807) is 6.33 Å². The topological polar surface area (TPSA) is 85.0 Å². The van der Waals surface area contributed by atoms with E-state index in [0.29, 0.717) is 17.6 Å². The Kier molecular flexibility index (Phi) is 6.08. The molecular weight excluding hydrogens is 412 g/mol. The number of anilines is 4. The SMILES string of the molecule is CN(C)c1cccc(Nc2nc(NC3CCN(Cc4ccccc4)CC3)c3[nH]cnc3n2)c1. The van der Waals surface area contributed by atoms with Crippen molar-refractivity contribution in [2.75, 3.05) is 42.7 Å². The highest BCUT2D eigenvalue weighted by molar-refractivity contribution is 5.84. The molecule has 3 heterocycles. The van der Waals surface area contributed by atoms with Gasteiger partial charge in [0.1, 0.15) is 5.52 Å². The van der Waals surface area contributed by atoms with Crippen molar-refractivity contribution >= 4 is 34.3 Å². The van der Waals surface area contributed by atoms with Crippen LogP contribution in [0, 0.1) is 0 Å². The van der Waals surface area contributed by atoms with E-state index in [0.717, 1.165) is 55.2 Å². The first-order valence-corrected chi connectivity index (χ1v) is 11.4. The molecule has 170 valence electrons. The van der Waals surface area contributed by atoms with Crippen LogP contribution < -0.4 is 15.5 Å². The molecule has 0 amide bonds. The molecule has 33 heavy (non-hydrogen) atoms. The van der Waals surface area contributed by atoms with Gasteiger partial charge in [0.05, 0.1) is 6.33 Å². The minimum absolute atomic E-state index is 0.364. The second-order valence-corrected chi connectivity index (χ2v) is 8.75. The fraction of sp³-hybridized carbons (Fsp3) is 0.320. The predicted molar refractivity (Wildman–Crippen MR) is 134 cm³/mol. The Balaban J connectivity index is 1.28. The number of nitrogens with zero attached hydrogens (tertiary/aromatic N) is 5.